The van der Waals surface area contributed by atoms with Gasteiger partial charge < -0.3 is 15.7 Å². The monoisotopic (exact) mass is 357 g/mol. The summed E-state index contributed by atoms with van der Waals surface area (Å²) in [6, 6.07) is 15.2. The third-order valence-electron chi connectivity index (χ3n) is 2.74. The van der Waals surface area contributed by atoms with Crippen LogP contribution in [0.1, 0.15) is 0 Å². The molecule has 0 aliphatic heterocycles. The Labute approximate surface area is 136 Å². The molecule has 2 aromatic rings. The van der Waals surface area contributed by atoms with Crippen LogP contribution < -0.4 is 10.6 Å². The number of nitrogens with zero attached hydrogens (tertiary/aromatic N) is 1. The van der Waals surface area contributed by atoms with Crippen molar-refractivity contribution in [3.63, 3.8) is 0 Å². The standard InChI is InChI=1S/C16H12BrN3O2/c17-14-3-1-2-4-15(14)19-10-11(9-18)16(22)20-12-5-7-13(21)8-6-12/h1-8,10,19,21H,(H,20,22)/b11-10-. The number of anilines is 2. The summed E-state index contributed by atoms with van der Waals surface area (Å²) in [6.07, 6.45) is 1.34. The minimum atomic E-state index is -0.534. The molecule has 0 bridgehead atoms. The first-order valence-corrected chi connectivity index (χ1v) is 7.11. The molecule has 0 unspecified atom stereocenters. The molecule has 110 valence electrons. The van der Waals surface area contributed by atoms with Crippen LogP contribution in [0.25, 0.3) is 0 Å². The highest BCUT2D eigenvalue weighted by atomic mass is 79.9. The van der Waals surface area contributed by atoms with Crippen LogP contribution in [0.15, 0.2) is 64.8 Å². The van der Waals surface area contributed by atoms with E-state index in [1.165, 1.54) is 18.3 Å². The second-order valence-corrected chi connectivity index (χ2v) is 5.15. The van der Waals surface area contributed by atoms with Crippen LogP contribution >= 0.6 is 15.9 Å². The first kappa shape index (κ1) is 15.6. The molecule has 2 rings (SSSR count). The highest BCUT2D eigenvalue weighted by molar-refractivity contribution is 9.10. The lowest BCUT2D eigenvalue weighted by Crippen LogP contribution is -2.14. The first-order valence-electron chi connectivity index (χ1n) is 6.32. The number of halogens is 1. The van der Waals surface area contributed by atoms with Gasteiger partial charge in [-0.15, -0.1) is 0 Å². The smallest absolute Gasteiger partial charge is 0.267 e. The van der Waals surface area contributed by atoms with E-state index in [0.29, 0.717) is 5.69 Å². The van der Waals surface area contributed by atoms with Crippen LogP contribution in [-0.2, 0) is 4.79 Å². The lowest BCUT2D eigenvalue weighted by atomic mass is 10.2. The number of benzene rings is 2. The van der Waals surface area contributed by atoms with Crippen LogP contribution in [0, 0.1) is 11.3 Å². The van der Waals surface area contributed by atoms with E-state index >= 15 is 0 Å². The minimum absolute atomic E-state index is 0.0659. The van der Waals surface area contributed by atoms with Gasteiger partial charge in [0.15, 0.2) is 0 Å². The zero-order valence-electron chi connectivity index (χ0n) is 11.4. The van der Waals surface area contributed by atoms with Gasteiger partial charge in [0, 0.05) is 16.4 Å². The summed E-state index contributed by atoms with van der Waals surface area (Å²) in [4.78, 5) is 12.0. The highest BCUT2D eigenvalue weighted by Gasteiger charge is 2.09. The topological polar surface area (TPSA) is 85.2 Å². The molecule has 0 spiro atoms. The molecular weight excluding hydrogens is 346 g/mol. The van der Waals surface area contributed by atoms with Gasteiger partial charge in [-0.3, -0.25) is 4.79 Å². The summed E-state index contributed by atoms with van der Waals surface area (Å²) in [5, 5.41) is 23.8. The van der Waals surface area contributed by atoms with Gasteiger partial charge in [0.05, 0.1) is 5.69 Å². The van der Waals surface area contributed by atoms with Gasteiger partial charge in [-0.2, -0.15) is 5.26 Å². The Balaban J connectivity index is 2.09. The Hall–Kier alpha value is -2.78. The fourth-order valence-electron chi connectivity index (χ4n) is 1.62. The van der Waals surface area contributed by atoms with Crippen molar-refractivity contribution in [2.24, 2.45) is 0 Å². The number of carbonyl (C=O) groups is 1. The molecule has 0 saturated heterocycles. The predicted molar refractivity (Wildman–Crippen MR) is 88.2 cm³/mol. The fourth-order valence-corrected chi connectivity index (χ4v) is 2.02. The molecule has 0 radical (unpaired) electrons. The van der Waals surface area contributed by atoms with Gasteiger partial charge in [0.1, 0.15) is 17.4 Å². The number of hydrogen-bond acceptors (Lipinski definition) is 4. The summed E-state index contributed by atoms with van der Waals surface area (Å²) in [7, 11) is 0. The van der Waals surface area contributed by atoms with E-state index in [1.807, 2.05) is 30.3 Å². The predicted octanol–water partition coefficient (Wildman–Crippen LogP) is 3.61. The number of nitrogens with one attached hydrogen (secondary N) is 2. The summed E-state index contributed by atoms with van der Waals surface area (Å²) >= 11 is 3.37. The summed E-state index contributed by atoms with van der Waals surface area (Å²) < 4.78 is 0.822. The number of aromatic hydroxyl groups is 1. The van der Waals surface area contributed by atoms with Gasteiger partial charge in [0.25, 0.3) is 5.91 Å². The summed E-state index contributed by atoms with van der Waals surface area (Å²) in [5.74, 6) is -0.433. The van der Waals surface area contributed by atoms with E-state index in [2.05, 4.69) is 26.6 Å². The Morgan fingerprint density at radius 1 is 1.18 bits per heavy atom. The van der Waals surface area contributed by atoms with E-state index in [1.54, 1.807) is 12.1 Å². The Bertz CT molecular complexity index is 749. The molecule has 0 saturated carbocycles. The molecule has 0 aliphatic carbocycles. The van der Waals surface area contributed by atoms with Gasteiger partial charge in [-0.25, -0.2) is 0 Å². The van der Waals surface area contributed by atoms with Crippen molar-refractivity contribution < 1.29 is 9.90 Å². The lowest BCUT2D eigenvalue weighted by Gasteiger charge is -2.06. The van der Waals surface area contributed by atoms with Crippen LogP contribution in [-0.4, -0.2) is 11.0 Å². The molecule has 5 nitrogen and oxygen atoms in total. The van der Waals surface area contributed by atoms with Crippen LogP contribution in [0.2, 0.25) is 0 Å². The number of hydrogen-bond donors (Lipinski definition) is 3. The highest BCUT2D eigenvalue weighted by Crippen LogP contribution is 2.21. The third-order valence-corrected chi connectivity index (χ3v) is 3.43. The Kier molecular flexibility index (Phi) is 5.17. The number of phenols is 1. The molecule has 0 fully saturated rings. The zero-order chi connectivity index (χ0) is 15.9. The maximum Gasteiger partial charge on any atom is 0.267 e. The van der Waals surface area contributed by atoms with Gasteiger partial charge in [0.2, 0.25) is 0 Å². The molecule has 2 aromatic carbocycles. The molecule has 0 aliphatic rings. The SMILES string of the molecule is N#C/C(=C/Nc1ccccc1Br)C(=O)Nc1ccc(O)cc1. The average molecular weight is 358 g/mol. The molecule has 0 heterocycles. The molecular formula is C16H12BrN3O2. The van der Waals surface area contributed by atoms with Crippen LogP contribution in [0.4, 0.5) is 11.4 Å². The number of para-hydroxylation sites is 1. The summed E-state index contributed by atoms with van der Waals surface area (Å²) in [6.45, 7) is 0. The average Bonchev–Trinajstić information content (AvgIpc) is 2.52. The molecule has 0 atom stereocenters. The molecule has 22 heavy (non-hydrogen) atoms. The number of nitriles is 1. The molecule has 3 N–H and O–H groups in total. The number of rotatable bonds is 4. The maximum absolute atomic E-state index is 12.0. The normalized spacial score (nSPS) is 10.6. The van der Waals surface area contributed by atoms with Crippen molar-refractivity contribution in [2.45, 2.75) is 0 Å². The quantitative estimate of drug-likeness (QED) is 0.443. The van der Waals surface area contributed by atoms with Gasteiger partial charge in [-0.1, -0.05) is 12.1 Å². The van der Waals surface area contributed by atoms with Crippen LogP contribution in [0.3, 0.4) is 0 Å². The Morgan fingerprint density at radius 2 is 1.86 bits per heavy atom. The lowest BCUT2D eigenvalue weighted by molar-refractivity contribution is -0.112. The van der Waals surface area contributed by atoms with Crippen molar-refractivity contribution in [3.05, 3.63) is 64.8 Å². The zero-order valence-corrected chi connectivity index (χ0v) is 13.0. The van der Waals surface area contributed by atoms with E-state index in [-0.39, 0.29) is 11.3 Å². The van der Waals surface area contributed by atoms with Gasteiger partial charge in [-0.05, 0) is 52.3 Å². The second-order valence-electron chi connectivity index (χ2n) is 4.29. The molecule has 1 amide bonds. The maximum atomic E-state index is 12.0. The van der Waals surface area contributed by atoms with E-state index in [0.717, 1.165) is 10.2 Å². The van der Waals surface area contributed by atoms with Crippen LogP contribution in [0.5, 0.6) is 5.75 Å². The fraction of sp³-hybridized carbons (Fsp3) is 0. The molecule has 6 heteroatoms. The van der Waals surface area contributed by atoms with Crippen molar-refractivity contribution in [1.82, 2.24) is 0 Å². The van der Waals surface area contributed by atoms with Crippen molar-refractivity contribution >= 4 is 33.2 Å². The van der Waals surface area contributed by atoms with Gasteiger partial charge >= 0.3 is 0 Å². The first-order chi connectivity index (χ1) is 10.6. The number of carbonyl (C=O) groups excluding carboxylic acids is 1. The van der Waals surface area contributed by atoms with Crippen molar-refractivity contribution in [3.8, 4) is 11.8 Å². The largest absolute Gasteiger partial charge is 0.508 e. The van der Waals surface area contributed by atoms with E-state index < -0.39 is 5.91 Å². The number of amides is 1. The summed E-state index contributed by atoms with van der Waals surface area (Å²) in [5.41, 5.74) is 1.17. The second kappa shape index (κ2) is 7.29. The van der Waals surface area contributed by atoms with Crippen molar-refractivity contribution in [1.29, 1.82) is 5.26 Å². The Morgan fingerprint density at radius 3 is 2.50 bits per heavy atom. The minimum Gasteiger partial charge on any atom is -0.508 e. The van der Waals surface area contributed by atoms with E-state index in [9.17, 15) is 9.90 Å². The van der Waals surface area contributed by atoms with Crippen molar-refractivity contribution in [2.75, 3.05) is 10.6 Å². The third kappa shape index (κ3) is 4.11. The molecule has 0 aromatic heterocycles. The number of phenolic OH excluding ortho intramolecular Hbond substituents is 1. The van der Waals surface area contributed by atoms with E-state index in [4.69, 9.17) is 5.26 Å².